The normalized spacial score (nSPS) is 20.1. The van der Waals surface area contributed by atoms with Crippen LogP contribution in [0.15, 0.2) is 32.7 Å². The van der Waals surface area contributed by atoms with Gasteiger partial charge in [-0.2, -0.15) is 0 Å². The Bertz CT molecular complexity index is 1070. The Morgan fingerprint density at radius 1 is 1.22 bits per heavy atom. The minimum absolute atomic E-state index is 0.352. The summed E-state index contributed by atoms with van der Waals surface area (Å²) in [5.74, 6) is 1.78. The van der Waals surface area contributed by atoms with Gasteiger partial charge >= 0.3 is 5.63 Å². The van der Waals surface area contributed by atoms with Gasteiger partial charge in [-0.15, -0.1) is 0 Å². The van der Waals surface area contributed by atoms with Crippen molar-refractivity contribution in [2.24, 2.45) is 0 Å². The van der Waals surface area contributed by atoms with Gasteiger partial charge in [0.05, 0.1) is 16.5 Å². The molecule has 1 N–H and O–H groups in total. The van der Waals surface area contributed by atoms with E-state index >= 15 is 0 Å². The maximum Gasteiger partial charge on any atom is 0.336 e. The van der Waals surface area contributed by atoms with E-state index in [1.807, 2.05) is 39.8 Å². The Labute approximate surface area is 157 Å². The van der Waals surface area contributed by atoms with Crippen molar-refractivity contribution >= 4 is 17.0 Å². The molecule has 4 rings (SSSR count). The second kappa shape index (κ2) is 5.99. The minimum Gasteiger partial charge on any atom is -0.482 e. The first kappa shape index (κ1) is 17.9. The predicted octanol–water partition coefficient (Wildman–Crippen LogP) is 4.65. The molecule has 0 bridgehead atoms. The average Bonchev–Trinajstić information content (AvgIpc) is 2.58. The molecule has 5 nitrogen and oxygen atoms in total. The molecular weight excluding hydrogens is 344 g/mol. The summed E-state index contributed by atoms with van der Waals surface area (Å²) < 4.78 is 18.0. The molecule has 2 aliphatic heterocycles. The molecule has 142 valence electrons. The van der Waals surface area contributed by atoms with Crippen LogP contribution in [-0.2, 0) is 6.42 Å². The minimum atomic E-state index is -0.898. The summed E-state index contributed by atoms with van der Waals surface area (Å²) in [5, 5.41) is 11.7. The summed E-state index contributed by atoms with van der Waals surface area (Å²) >= 11 is 0. The number of benzene rings is 1. The molecule has 0 amide bonds. The first-order valence-electron chi connectivity index (χ1n) is 9.31. The van der Waals surface area contributed by atoms with Crippen LogP contribution in [0.1, 0.15) is 63.8 Å². The van der Waals surface area contributed by atoms with E-state index in [2.05, 4.69) is 6.92 Å². The fourth-order valence-electron chi connectivity index (χ4n) is 3.77. The third-order valence-electron chi connectivity index (χ3n) is 5.28. The zero-order valence-electron chi connectivity index (χ0n) is 16.3. The van der Waals surface area contributed by atoms with Gasteiger partial charge in [0.2, 0.25) is 0 Å². The van der Waals surface area contributed by atoms with Crippen molar-refractivity contribution < 1.29 is 19.0 Å². The SMILES string of the molecule is CCCc1cc(=O)oc2c3c(c4c(c12)OC(C)(C)C=C4)OC(C)=C(C)C3O. The van der Waals surface area contributed by atoms with Gasteiger partial charge < -0.3 is 19.0 Å². The molecule has 2 aromatic rings. The van der Waals surface area contributed by atoms with E-state index in [1.54, 1.807) is 0 Å². The van der Waals surface area contributed by atoms with Gasteiger partial charge in [-0.3, -0.25) is 0 Å². The second-order valence-electron chi connectivity index (χ2n) is 7.81. The lowest BCUT2D eigenvalue weighted by molar-refractivity contribution is 0.159. The molecule has 5 heteroatoms. The highest BCUT2D eigenvalue weighted by Crippen LogP contribution is 2.51. The van der Waals surface area contributed by atoms with Crippen molar-refractivity contribution in [3.63, 3.8) is 0 Å². The Morgan fingerprint density at radius 3 is 2.67 bits per heavy atom. The standard InChI is InChI=1S/C22H24O5/c1-6-7-13-10-15(23)26-21-16(13)20-14(8-9-22(4,5)27-20)19-17(21)18(24)11(2)12(3)25-19/h8-10,18,24H,6-7H2,1-5H3. The molecule has 0 fully saturated rings. The molecule has 0 saturated heterocycles. The number of aliphatic hydroxyl groups excluding tert-OH is 1. The van der Waals surface area contributed by atoms with Crippen molar-refractivity contribution in [2.45, 2.75) is 59.2 Å². The fraction of sp³-hybridized carbons (Fsp3) is 0.409. The second-order valence-corrected chi connectivity index (χ2v) is 7.81. The maximum atomic E-state index is 12.3. The monoisotopic (exact) mass is 368 g/mol. The molecule has 2 aliphatic rings. The molecule has 1 unspecified atom stereocenters. The van der Waals surface area contributed by atoms with Gasteiger partial charge in [-0.1, -0.05) is 13.3 Å². The Balaban J connectivity index is 2.18. The van der Waals surface area contributed by atoms with Crippen LogP contribution in [0.3, 0.4) is 0 Å². The van der Waals surface area contributed by atoms with Gasteiger partial charge in [-0.25, -0.2) is 4.79 Å². The molecule has 1 aromatic heterocycles. The maximum absolute atomic E-state index is 12.3. The number of aryl methyl sites for hydroxylation is 1. The number of hydrogen-bond donors (Lipinski definition) is 1. The number of ether oxygens (including phenoxy) is 2. The van der Waals surface area contributed by atoms with Crippen molar-refractivity contribution in [1.82, 2.24) is 0 Å². The van der Waals surface area contributed by atoms with Crippen LogP contribution in [0.5, 0.6) is 11.5 Å². The number of allylic oxidation sites excluding steroid dienone is 1. The van der Waals surface area contributed by atoms with E-state index in [4.69, 9.17) is 13.9 Å². The molecule has 0 aliphatic carbocycles. The molecule has 27 heavy (non-hydrogen) atoms. The van der Waals surface area contributed by atoms with Crippen molar-refractivity contribution in [3.8, 4) is 11.5 Å². The Kier molecular flexibility index (Phi) is 3.96. The van der Waals surface area contributed by atoms with Gasteiger partial charge in [-0.05, 0) is 57.4 Å². The van der Waals surface area contributed by atoms with Crippen molar-refractivity contribution in [3.05, 3.63) is 50.6 Å². The highest BCUT2D eigenvalue weighted by atomic mass is 16.5. The summed E-state index contributed by atoms with van der Waals surface area (Å²) in [6.45, 7) is 9.64. The van der Waals surface area contributed by atoms with Crippen LogP contribution in [-0.4, -0.2) is 10.7 Å². The van der Waals surface area contributed by atoms with E-state index in [9.17, 15) is 9.90 Å². The zero-order valence-corrected chi connectivity index (χ0v) is 16.3. The first-order valence-corrected chi connectivity index (χ1v) is 9.31. The van der Waals surface area contributed by atoms with Crippen molar-refractivity contribution in [2.75, 3.05) is 0 Å². The van der Waals surface area contributed by atoms with Crippen molar-refractivity contribution in [1.29, 1.82) is 0 Å². The van der Waals surface area contributed by atoms with Crippen LogP contribution in [0.2, 0.25) is 0 Å². The smallest absolute Gasteiger partial charge is 0.336 e. The van der Waals surface area contributed by atoms with Crippen LogP contribution in [0.4, 0.5) is 0 Å². The van der Waals surface area contributed by atoms with E-state index < -0.39 is 17.3 Å². The number of rotatable bonds is 2. The van der Waals surface area contributed by atoms with Gasteiger partial charge in [0.1, 0.15) is 29.0 Å². The molecule has 3 heterocycles. The summed E-state index contributed by atoms with van der Waals surface area (Å²) in [4.78, 5) is 12.3. The van der Waals surface area contributed by atoms with E-state index in [0.717, 1.165) is 22.9 Å². The number of aliphatic hydroxyl groups is 1. The lowest BCUT2D eigenvalue weighted by Gasteiger charge is -2.33. The number of fused-ring (bicyclic) bond motifs is 6. The van der Waals surface area contributed by atoms with Gasteiger partial charge in [0.15, 0.2) is 5.58 Å². The van der Waals surface area contributed by atoms with E-state index in [0.29, 0.717) is 40.4 Å². The summed E-state index contributed by atoms with van der Waals surface area (Å²) in [5.41, 5.74) is 2.25. The summed E-state index contributed by atoms with van der Waals surface area (Å²) in [7, 11) is 0. The van der Waals surface area contributed by atoms with Gasteiger partial charge in [0.25, 0.3) is 0 Å². The van der Waals surface area contributed by atoms with E-state index in [-0.39, 0.29) is 0 Å². The van der Waals surface area contributed by atoms with Gasteiger partial charge in [0, 0.05) is 6.07 Å². The molecule has 0 saturated carbocycles. The fourth-order valence-corrected chi connectivity index (χ4v) is 3.77. The molecule has 0 spiro atoms. The van der Waals surface area contributed by atoms with Crippen LogP contribution < -0.4 is 15.1 Å². The first-order chi connectivity index (χ1) is 12.7. The largest absolute Gasteiger partial charge is 0.482 e. The third-order valence-corrected chi connectivity index (χ3v) is 5.28. The van der Waals surface area contributed by atoms with Crippen LogP contribution in [0.25, 0.3) is 17.0 Å². The zero-order chi connectivity index (χ0) is 19.5. The topological polar surface area (TPSA) is 68.9 Å². The lowest BCUT2D eigenvalue weighted by atomic mass is 9.89. The Morgan fingerprint density at radius 2 is 1.96 bits per heavy atom. The van der Waals surface area contributed by atoms with Crippen LogP contribution >= 0.6 is 0 Å². The predicted molar refractivity (Wildman–Crippen MR) is 104 cm³/mol. The average molecular weight is 368 g/mol. The Hall–Kier alpha value is -2.53. The highest BCUT2D eigenvalue weighted by molar-refractivity contribution is 5.97. The number of hydrogen-bond acceptors (Lipinski definition) is 5. The quantitative estimate of drug-likeness (QED) is 0.782. The van der Waals surface area contributed by atoms with E-state index in [1.165, 1.54) is 6.07 Å². The molecule has 1 aromatic carbocycles. The van der Waals surface area contributed by atoms with Crippen LogP contribution in [0, 0.1) is 0 Å². The molecular formula is C22H24O5. The highest BCUT2D eigenvalue weighted by Gasteiger charge is 2.36. The molecule has 1 atom stereocenters. The summed E-state index contributed by atoms with van der Waals surface area (Å²) in [6.07, 6.45) is 4.63. The lowest BCUT2D eigenvalue weighted by Crippen LogP contribution is -2.28. The molecule has 0 radical (unpaired) electrons. The third kappa shape index (κ3) is 2.69. The summed E-state index contributed by atoms with van der Waals surface area (Å²) in [6, 6.07) is 1.52.